The predicted octanol–water partition coefficient (Wildman–Crippen LogP) is 5.01. The maximum absolute atomic E-state index is 8.96. The highest BCUT2D eigenvalue weighted by molar-refractivity contribution is 7.71. The van der Waals surface area contributed by atoms with E-state index in [0.29, 0.717) is 22.0 Å². The van der Waals surface area contributed by atoms with Gasteiger partial charge in [-0.05, 0) is 67.1 Å². The molecule has 0 unspecified atom stereocenters. The maximum atomic E-state index is 8.96. The standard InChI is InChI=1S/C21H22ClN5S/c1-3-12-26(14-17-6-4-16(13-23)5-7-17)15-27-21(28)25(2)20(24-27)18-8-10-19(22)11-9-18/h4-11H,3,12,14-15H2,1-2H3. The van der Waals surface area contributed by atoms with Gasteiger partial charge in [0.15, 0.2) is 10.6 Å². The van der Waals surface area contributed by atoms with E-state index in [-0.39, 0.29) is 0 Å². The molecule has 0 amide bonds. The normalized spacial score (nSPS) is 11.0. The fourth-order valence-electron chi connectivity index (χ4n) is 3.08. The van der Waals surface area contributed by atoms with Crippen LogP contribution in [0.5, 0.6) is 0 Å². The molecule has 0 saturated carbocycles. The van der Waals surface area contributed by atoms with Crippen molar-refractivity contribution in [2.45, 2.75) is 26.6 Å². The van der Waals surface area contributed by atoms with E-state index in [9.17, 15) is 0 Å². The zero-order valence-corrected chi connectivity index (χ0v) is 17.5. The Morgan fingerprint density at radius 2 is 1.82 bits per heavy atom. The SMILES string of the molecule is CCCN(Cc1ccc(C#N)cc1)Cn1nc(-c2ccc(Cl)cc2)n(C)c1=S. The van der Waals surface area contributed by atoms with Gasteiger partial charge in [-0.2, -0.15) is 10.4 Å². The molecule has 3 aromatic rings. The first-order valence-corrected chi connectivity index (χ1v) is 9.91. The van der Waals surface area contributed by atoms with Crippen molar-refractivity contribution < 1.29 is 0 Å². The molecule has 0 radical (unpaired) electrons. The molecule has 2 aromatic carbocycles. The first-order chi connectivity index (χ1) is 13.5. The zero-order valence-electron chi connectivity index (χ0n) is 16.0. The van der Waals surface area contributed by atoms with Crippen LogP contribution in [0.15, 0.2) is 48.5 Å². The van der Waals surface area contributed by atoms with Gasteiger partial charge in [-0.1, -0.05) is 30.7 Å². The zero-order chi connectivity index (χ0) is 20.1. The van der Waals surface area contributed by atoms with Crippen molar-refractivity contribution in [3.8, 4) is 17.5 Å². The van der Waals surface area contributed by atoms with E-state index >= 15 is 0 Å². The van der Waals surface area contributed by atoms with E-state index in [4.69, 9.17) is 34.2 Å². The smallest absolute Gasteiger partial charge is 0.199 e. The minimum atomic E-state index is 0.605. The largest absolute Gasteiger partial charge is 0.303 e. The molecular weight excluding hydrogens is 390 g/mol. The third-order valence-electron chi connectivity index (χ3n) is 4.51. The van der Waals surface area contributed by atoms with Gasteiger partial charge < -0.3 is 4.57 Å². The van der Waals surface area contributed by atoms with Gasteiger partial charge in [0.2, 0.25) is 0 Å². The first kappa shape index (κ1) is 20.3. The summed E-state index contributed by atoms with van der Waals surface area (Å²) in [5.41, 5.74) is 2.81. The Balaban J connectivity index is 1.82. The Morgan fingerprint density at radius 1 is 1.14 bits per heavy atom. The van der Waals surface area contributed by atoms with Gasteiger partial charge in [0.05, 0.1) is 18.3 Å². The quantitative estimate of drug-likeness (QED) is 0.512. The fourth-order valence-corrected chi connectivity index (χ4v) is 3.39. The number of aromatic nitrogens is 3. The van der Waals surface area contributed by atoms with Gasteiger partial charge in [-0.25, -0.2) is 4.68 Å². The Kier molecular flexibility index (Phi) is 6.63. The molecule has 28 heavy (non-hydrogen) atoms. The average molecular weight is 412 g/mol. The van der Waals surface area contributed by atoms with E-state index in [1.807, 2.05) is 64.8 Å². The van der Waals surface area contributed by atoms with Gasteiger partial charge in [-0.15, -0.1) is 0 Å². The van der Waals surface area contributed by atoms with Crippen LogP contribution >= 0.6 is 23.8 Å². The molecule has 7 heteroatoms. The molecule has 0 fully saturated rings. The second-order valence-electron chi connectivity index (χ2n) is 6.67. The monoisotopic (exact) mass is 411 g/mol. The summed E-state index contributed by atoms with van der Waals surface area (Å²) in [5.74, 6) is 0.816. The lowest BCUT2D eigenvalue weighted by Crippen LogP contribution is -2.27. The van der Waals surface area contributed by atoms with Crippen molar-refractivity contribution >= 4 is 23.8 Å². The molecule has 1 heterocycles. The van der Waals surface area contributed by atoms with Gasteiger partial charge in [-0.3, -0.25) is 4.90 Å². The van der Waals surface area contributed by atoms with Gasteiger partial charge >= 0.3 is 0 Å². The summed E-state index contributed by atoms with van der Waals surface area (Å²) in [5, 5.41) is 14.4. The highest BCUT2D eigenvalue weighted by atomic mass is 35.5. The third kappa shape index (κ3) is 4.68. The summed E-state index contributed by atoms with van der Waals surface area (Å²) < 4.78 is 4.45. The Labute approximate surface area is 175 Å². The number of hydrogen-bond acceptors (Lipinski definition) is 4. The fraction of sp³-hybridized carbons (Fsp3) is 0.286. The number of halogens is 1. The van der Waals surface area contributed by atoms with Crippen LogP contribution in [-0.2, 0) is 20.3 Å². The van der Waals surface area contributed by atoms with Crippen LogP contribution in [0.25, 0.3) is 11.4 Å². The lowest BCUT2D eigenvalue weighted by molar-refractivity contribution is 0.197. The van der Waals surface area contributed by atoms with E-state index in [0.717, 1.165) is 36.5 Å². The molecule has 5 nitrogen and oxygen atoms in total. The summed E-state index contributed by atoms with van der Waals surface area (Å²) >= 11 is 11.6. The Morgan fingerprint density at radius 3 is 2.43 bits per heavy atom. The molecule has 3 rings (SSSR count). The molecule has 144 valence electrons. The number of benzene rings is 2. The summed E-state index contributed by atoms with van der Waals surface area (Å²) in [6.45, 7) is 4.46. The lowest BCUT2D eigenvalue weighted by atomic mass is 10.1. The van der Waals surface area contributed by atoms with Crippen molar-refractivity contribution in [1.82, 2.24) is 19.2 Å². The summed E-state index contributed by atoms with van der Waals surface area (Å²) in [4.78, 5) is 2.30. The van der Waals surface area contributed by atoms with E-state index in [1.54, 1.807) is 0 Å². The molecule has 0 N–H and O–H groups in total. The van der Waals surface area contributed by atoms with Gasteiger partial charge in [0.1, 0.15) is 0 Å². The maximum Gasteiger partial charge on any atom is 0.199 e. The molecule has 0 aliphatic heterocycles. The van der Waals surface area contributed by atoms with Gasteiger partial charge in [0, 0.05) is 24.2 Å². The highest BCUT2D eigenvalue weighted by Crippen LogP contribution is 2.20. The van der Waals surface area contributed by atoms with Crippen molar-refractivity contribution in [3.05, 3.63) is 69.5 Å². The summed E-state index contributed by atoms with van der Waals surface area (Å²) in [7, 11) is 1.93. The third-order valence-corrected chi connectivity index (χ3v) is 5.24. The van der Waals surface area contributed by atoms with Crippen molar-refractivity contribution in [2.75, 3.05) is 6.54 Å². The van der Waals surface area contributed by atoms with Crippen LogP contribution in [0, 0.1) is 16.1 Å². The van der Waals surface area contributed by atoms with E-state index in [1.165, 1.54) is 0 Å². The molecule has 0 aliphatic carbocycles. The molecule has 0 aliphatic rings. The van der Waals surface area contributed by atoms with Crippen LogP contribution in [0.2, 0.25) is 5.02 Å². The highest BCUT2D eigenvalue weighted by Gasteiger charge is 2.13. The lowest BCUT2D eigenvalue weighted by Gasteiger charge is -2.21. The summed E-state index contributed by atoms with van der Waals surface area (Å²) in [6.07, 6.45) is 1.03. The number of nitrogens with zero attached hydrogens (tertiary/aromatic N) is 5. The molecule has 0 bridgehead atoms. The molecule has 0 saturated heterocycles. The first-order valence-electron chi connectivity index (χ1n) is 9.13. The minimum Gasteiger partial charge on any atom is -0.303 e. The number of nitriles is 1. The topological polar surface area (TPSA) is 49.8 Å². The Bertz CT molecular complexity index is 1030. The minimum absolute atomic E-state index is 0.605. The average Bonchev–Trinajstić information content (AvgIpc) is 2.98. The molecular formula is C21H22ClN5S. The predicted molar refractivity (Wildman–Crippen MR) is 114 cm³/mol. The van der Waals surface area contributed by atoms with Crippen LogP contribution < -0.4 is 0 Å². The van der Waals surface area contributed by atoms with Crippen LogP contribution in [0.4, 0.5) is 0 Å². The van der Waals surface area contributed by atoms with Crippen LogP contribution in [0.1, 0.15) is 24.5 Å². The second kappa shape index (κ2) is 9.16. The molecule has 0 spiro atoms. The summed E-state index contributed by atoms with van der Waals surface area (Å²) in [6, 6.07) is 17.5. The van der Waals surface area contributed by atoms with E-state index < -0.39 is 0 Å². The van der Waals surface area contributed by atoms with Crippen LogP contribution in [-0.4, -0.2) is 25.8 Å². The van der Waals surface area contributed by atoms with Crippen LogP contribution in [0.3, 0.4) is 0 Å². The molecule has 1 aromatic heterocycles. The van der Waals surface area contributed by atoms with Crippen molar-refractivity contribution in [1.29, 1.82) is 5.26 Å². The second-order valence-corrected chi connectivity index (χ2v) is 7.48. The van der Waals surface area contributed by atoms with Gasteiger partial charge in [0.25, 0.3) is 0 Å². The molecule has 0 atom stereocenters. The number of hydrogen-bond donors (Lipinski definition) is 0. The van der Waals surface area contributed by atoms with E-state index in [2.05, 4.69) is 17.9 Å². The van der Waals surface area contributed by atoms with Crippen molar-refractivity contribution in [2.24, 2.45) is 7.05 Å². The van der Waals surface area contributed by atoms with Crippen molar-refractivity contribution in [3.63, 3.8) is 0 Å². The number of rotatable bonds is 7. The Hall–Kier alpha value is -2.46.